The van der Waals surface area contributed by atoms with Crippen LogP contribution in [0.4, 0.5) is 5.69 Å². The van der Waals surface area contributed by atoms with Crippen molar-refractivity contribution in [2.45, 2.75) is 11.6 Å². The van der Waals surface area contributed by atoms with Crippen LogP contribution in [0.2, 0.25) is 0 Å². The van der Waals surface area contributed by atoms with E-state index in [1.807, 2.05) is 24.3 Å². The highest BCUT2D eigenvalue weighted by molar-refractivity contribution is 7.88. The molecule has 2 rings (SSSR count). The Balaban J connectivity index is 2.10. The van der Waals surface area contributed by atoms with Crippen molar-refractivity contribution in [3.8, 4) is 5.75 Å². The Morgan fingerprint density at radius 1 is 1.19 bits per heavy atom. The van der Waals surface area contributed by atoms with Gasteiger partial charge in [-0.1, -0.05) is 12.1 Å². The van der Waals surface area contributed by atoms with Crippen LogP contribution in [-0.2, 0) is 16.6 Å². The molecule has 0 aliphatic heterocycles. The summed E-state index contributed by atoms with van der Waals surface area (Å²) in [7, 11) is 0.981. The number of hydrogen-bond acceptors (Lipinski definition) is 5. The van der Waals surface area contributed by atoms with E-state index in [1.165, 1.54) is 20.2 Å². The molecule has 0 bridgehead atoms. The molecule has 2 aromatic rings. The van der Waals surface area contributed by atoms with Crippen LogP contribution < -0.4 is 10.1 Å². The van der Waals surface area contributed by atoms with Gasteiger partial charge in [-0.3, -0.25) is 0 Å². The summed E-state index contributed by atoms with van der Waals surface area (Å²) in [5, 5.41) is 3.08. The SMILES string of the molecule is COc1ccccc1NCc1ccc(S(=O)(=O)N(C)C)o1. The average Bonchev–Trinajstić information content (AvgIpc) is 2.94. The fourth-order valence-corrected chi connectivity index (χ4v) is 2.56. The molecule has 0 amide bonds. The lowest BCUT2D eigenvalue weighted by molar-refractivity contribution is 0.401. The minimum atomic E-state index is -3.54. The van der Waals surface area contributed by atoms with Gasteiger partial charge in [0.25, 0.3) is 10.0 Å². The summed E-state index contributed by atoms with van der Waals surface area (Å²) < 4.78 is 35.5. The predicted molar refractivity (Wildman–Crippen MR) is 79.9 cm³/mol. The van der Waals surface area contributed by atoms with Crippen LogP contribution in [0.15, 0.2) is 45.9 Å². The molecule has 0 saturated carbocycles. The van der Waals surface area contributed by atoms with E-state index in [-0.39, 0.29) is 5.09 Å². The molecule has 1 aromatic carbocycles. The smallest absolute Gasteiger partial charge is 0.275 e. The number of methoxy groups -OCH3 is 1. The number of nitrogens with zero attached hydrogens (tertiary/aromatic N) is 1. The predicted octanol–water partition coefficient (Wildman–Crippen LogP) is 2.15. The number of benzene rings is 1. The number of ether oxygens (including phenoxy) is 1. The second-order valence-corrected chi connectivity index (χ2v) is 6.64. The van der Waals surface area contributed by atoms with E-state index in [9.17, 15) is 8.42 Å². The molecular weight excluding hydrogens is 292 g/mol. The minimum Gasteiger partial charge on any atom is -0.495 e. The topological polar surface area (TPSA) is 71.8 Å². The van der Waals surface area contributed by atoms with Gasteiger partial charge in [0.15, 0.2) is 0 Å². The molecule has 0 unspecified atom stereocenters. The molecule has 0 radical (unpaired) electrons. The largest absolute Gasteiger partial charge is 0.495 e. The van der Waals surface area contributed by atoms with Crippen molar-refractivity contribution in [1.29, 1.82) is 0 Å². The van der Waals surface area contributed by atoms with Crippen LogP contribution in [0.1, 0.15) is 5.76 Å². The maximum absolute atomic E-state index is 11.9. The third kappa shape index (κ3) is 3.37. The Bertz CT molecular complexity index is 707. The van der Waals surface area contributed by atoms with Crippen molar-refractivity contribution < 1.29 is 17.6 Å². The summed E-state index contributed by atoms with van der Waals surface area (Å²) in [6.07, 6.45) is 0. The zero-order valence-electron chi connectivity index (χ0n) is 12.2. The molecular formula is C14H18N2O4S. The van der Waals surface area contributed by atoms with E-state index in [2.05, 4.69) is 5.32 Å². The van der Waals surface area contributed by atoms with Gasteiger partial charge in [-0.15, -0.1) is 0 Å². The Morgan fingerprint density at radius 3 is 2.57 bits per heavy atom. The van der Waals surface area contributed by atoms with Gasteiger partial charge in [-0.05, 0) is 24.3 Å². The first-order chi connectivity index (χ1) is 9.95. The van der Waals surface area contributed by atoms with Crippen molar-refractivity contribution in [2.75, 3.05) is 26.5 Å². The summed E-state index contributed by atoms with van der Waals surface area (Å²) in [4.78, 5) is 0. The second-order valence-electron chi connectivity index (χ2n) is 4.56. The molecule has 6 nitrogen and oxygen atoms in total. The maximum Gasteiger partial charge on any atom is 0.275 e. The number of anilines is 1. The number of sulfonamides is 1. The van der Waals surface area contributed by atoms with E-state index in [0.717, 1.165) is 9.99 Å². The van der Waals surface area contributed by atoms with E-state index >= 15 is 0 Å². The van der Waals surface area contributed by atoms with Gasteiger partial charge in [0.1, 0.15) is 11.5 Å². The number of nitrogens with one attached hydrogen (secondary N) is 1. The fourth-order valence-electron chi connectivity index (χ4n) is 1.74. The molecule has 0 aliphatic rings. The van der Waals surface area contributed by atoms with Crippen molar-refractivity contribution in [2.24, 2.45) is 0 Å². The molecule has 1 N–H and O–H groups in total. The quantitative estimate of drug-likeness (QED) is 0.885. The number of rotatable bonds is 6. The van der Waals surface area contributed by atoms with Crippen LogP contribution in [0.25, 0.3) is 0 Å². The van der Waals surface area contributed by atoms with Crippen LogP contribution in [0, 0.1) is 0 Å². The van der Waals surface area contributed by atoms with E-state index in [1.54, 1.807) is 13.2 Å². The monoisotopic (exact) mass is 310 g/mol. The zero-order valence-corrected chi connectivity index (χ0v) is 13.0. The number of para-hydroxylation sites is 2. The summed E-state index contributed by atoms with van der Waals surface area (Å²) in [5.74, 6) is 1.24. The molecule has 0 saturated heterocycles. The molecule has 0 atom stereocenters. The fraction of sp³-hybridized carbons (Fsp3) is 0.286. The highest BCUT2D eigenvalue weighted by Gasteiger charge is 2.21. The maximum atomic E-state index is 11.9. The molecule has 114 valence electrons. The van der Waals surface area contributed by atoms with Crippen LogP contribution in [0.3, 0.4) is 0 Å². The molecule has 1 aromatic heterocycles. The van der Waals surface area contributed by atoms with Crippen molar-refractivity contribution in [3.63, 3.8) is 0 Å². The molecule has 7 heteroatoms. The lowest BCUT2D eigenvalue weighted by Gasteiger charge is -2.10. The van der Waals surface area contributed by atoms with Gasteiger partial charge in [-0.2, -0.15) is 0 Å². The summed E-state index contributed by atoms with van der Waals surface area (Å²) >= 11 is 0. The molecule has 0 fully saturated rings. The van der Waals surface area contributed by atoms with Crippen LogP contribution >= 0.6 is 0 Å². The Kier molecular flexibility index (Phi) is 4.54. The average molecular weight is 310 g/mol. The third-order valence-electron chi connectivity index (χ3n) is 2.93. The molecule has 1 heterocycles. The van der Waals surface area contributed by atoms with E-state index in [4.69, 9.17) is 9.15 Å². The lowest BCUT2D eigenvalue weighted by Crippen LogP contribution is -2.21. The first kappa shape index (κ1) is 15.4. The third-order valence-corrected chi connectivity index (χ3v) is 4.62. The number of furan rings is 1. The van der Waals surface area contributed by atoms with Gasteiger partial charge < -0.3 is 14.5 Å². The van der Waals surface area contributed by atoms with E-state index in [0.29, 0.717) is 18.1 Å². The van der Waals surface area contributed by atoms with Crippen LogP contribution in [-0.4, -0.2) is 33.9 Å². The lowest BCUT2D eigenvalue weighted by atomic mass is 10.3. The highest BCUT2D eigenvalue weighted by atomic mass is 32.2. The Hall–Kier alpha value is -1.99. The Morgan fingerprint density at radius 2 is 1.90 bits per heavy atom. The normalized spacial score (nSPS) is 11.6. The molecule has 0 aliphatic carbocycles. The molecule has 0 spiro atoms. The highest BCUT2D eigenvalue weighted by Crippen LogP contribution is 2.24. The second kappa shape index (κ2) is 6.19. The van der Waals surface area contributed by atoms with E-state index < -0.39 is 10.0 Å². The summed E-state index contributed by atoms with van der Waals surface area (Å²) in [5.41, 5.74) is 0.813. The van der Waals surface area contributed by atoms with Gasteiger partial charge in [0.2, 0.25) is 5.09 Å². The van der Waals surface area contributed by atoms with Gasteiger partial charge in [0.05, 0.1) is 19.3 Å². The van der Waals surface area contributed by atoms with Crippen molar-refractivity contribution >= 4 is 15.7 Å². The van der Waals surface area contributed by atoms with Crippen molar-refractivity contribution in [1.82, 2.24) is 4.31 Å². The summed E-state index contributed by atoms with van der Waals surface area (Å²) in [6, 6.07) is 10.6. The first-order valence-corrected chi connectivity index (χ1v) is 7.77. The van der Waals surface area contributed by atoms with Crippen molar-refractivity contribution in [3.05, 3.63) is 42.2 Å². The first-order valence-electron chi connectivity index (χ1n) is 6.33. The minimum absolute atomic E-state index is 0.0654. The zero-order chi connectivity index (χ0) is 15.5. The van der Waals surface area contributed by atoms with Crippen LogP contribution in [0.5, 0.6) is 5.75 Å². The van der Waals surface area contributed by atoms with Gasteiger partial charge >= 0.3 is 0 Å². The standard InChI is InChI=1S/C14H18N2O4S/c1-16(2)21(17,18)14-9-8-11(20-14)10-15-12-6-4-5-7-13(12)19-3/h4-9,15H,10H2,1-3H3. The number of hydrogen-bond donors (Lipinski definition) is 1. The Labute approximate surface area is 124 Å². The molecule has 21 heavy (non-hydrogen) atoms. The van der Waals surface area contributed by atoms with Gasteiger partial charge in [-0.25, -0.2) is 12.7 Å². The van der Waals surface area contributed by atoms with Gasteiger partial charge in [0, 0.05) is 14.1 Å². The summed E-state index contributed by atoms with van der Waals surface area (Å²) in [6.45, 7) is 0.364.